The van der Waals surface area contributed by atoms with Gasteiger partial charge in [-0.25, -0.2) is 0 Å². The number of halogens is 3. The third-order valence-electron chi connectivity index (χ3n) is 4.30. The van der Waals surface area contributed by atoms with Crippen molar-refractivity contribution in [2.24, 2.45) is 5.92 Å². The number of carbonyl (C=O) groups excluding carboxylic acids is 1. The highest BCUT2D eigenvalue weighted by molar-refractivity contribution is 5.93. The van der Waals surface area contributed by atoms with Gasteiger partial charge in [-0.05, 0) is 32.6 Å². The van der Waals surface area contributed by atoms with Gasteiger partial charge in [-0.2, -0.15) is 18.3 Å². The molecule has 3 rings (SSSR count). The van der Waals surface area contributed by atoms with Crippen molar-refractivity contribution in [2.45, 2.75) is 45.7 Å². The van der Waals surface area contributed by atoms with Crippen molar-refractivity contribution >= 4 is 11.6 Å². The number of aromatic nitrogens is 3. The van der Waals surface area contributed by atoms with Gasteiger partial charge < -0.3 is 9.84 Å². The van der Waals surface area contributed by atoms with Crippen LogP contribution in [0.25, 0.3) is 0 Å². The molecule has 0 saturated carbocycles. The molecule has 1 aliphatic rings. The number of carbonyl (C=O) groups is 1. The molecule has 130 valence electrons. The minimum Gasteiger partial charge on any atom is -0.359 e. The Labute approximate surface area is 135 Å². The molecule has 2 N–H and O–H groups in total. The van der Waals surface area contributed by atoms with Gasteiger partial charge in [-0.3, -0.25) is 9.89 Å². The van der Waals surface area contributed by atoms with E-state index in [4.69, 9.17) is 4.52 Å². The lowest BCUT2D eigenvalue weighted by molar-refractivity contribution is -0.142. The van der Waals surface area contributed by atoms with E-state index in [0.29, 0.717) is 42.1 Å². The van der Waals surface area contributed by atoms with Crippen LogP contribution < -0.4 is 5.32 Å². The summed E-state index contributed by atoms with van der Waals surface area (Å²) < 4.78 is 44.0. The minimum absolute atomic E-state index is 0.0122. The van der Waals surface area contributed by atoms with E-state index in [1.54, 1.807) is 6.92 Å². The minimum atomic E-state index is -4.52. The summed E-state index contributed by atoms with van der Waals surface area (Å²) in [5, 5.41) is 12.4. The SMILES string of the molecule is CCc1noc(C)c1NC(=O)[C@H]1CCc2[nH]nc(C(F)(F)F)c2C1. The molecule has 6 nitrogen and oxygen atoms in total. The lowest BCUT2D eigenvalue weighted by atomic mass is 9.85. The number of nitrogens with zero attached hydrogens (tertiary/aromatic N) is 2. The van der Waals surface area contributed by atoms with Crippen LogP contribution in [0.5, 0.6) is 0 Å². The van der Waals surface area contributed by atoms with Crippen LogP contribution in [0, 0.1) is 12.8 Å². The molecule has 1 atom stereocenters. The highest BCUT2D eigenvalue weighted by Gasteiger charge is 2.40. The number of amides is 1. The van der Waals surface area contributed by atoms with Crippen LogP contribution in [0.1, 0.15) is 41.8 Å². The summed E-state index contributed by atoms with van der Waals surface area (Å²) in [4.78, 5) is 12.5. The summed E-state index contributed by atoms with van der Waals surface area (Å²) in [5.74, 6) is -0.387. The average Bonchev–Trinajstić information content (AvgIpc) is 3.10. The third kappa shape index (κ3) is 2.90. The maximum Gasteiger partial charge on any atom is 0.435 e. The standard InChI is InChI=1S/C15H17F3N4O2/c1-3-10-12(7(2)24-22-10)19-14(23)8-4-5-11-9(6-8)13(21-20-11)15(16,17)18/h8H,3-6H2,1-2H3,(H,19,23)(H,20,21)/t8-/m0/s1. The topological polar surface area (TPSA) is 83.8 Å². The Morgan fingerprint density at radius 1 is 1.46 bits per heavy atom. The maximum atomic E-state index is 13.0. The smallest absolute Gasteiger partial charge is 0.359 e. The van der Waals surface area contributed by atoms with Crippen molar-refractivity contribution in [1.29, 1.82) is 0 Å². The number of rotatable bonds is 3. The second kappa shape index (κ2) is 5.95. The van der Waals surface area contributed by atoms with Gasteiger partial charge in [0.2, 0.25) is 5.91 Å². The van der Waals surface area contributed by atoms with E-state index in [0.717, 1.165) is 0 Å². The molecule has 0 bridgehead atoms. The van der Waals surface area contributed by atoms with Gasteiger partial charge in [0, 0.05) is 17.2 Å². The van der Waals surface area contributed by atoms with E-state index in [1.807, 2.05) is 6.92 Å². The molecule has 1 amide bonds. The largest absolute Gasteiger partial charge is 0.435 e. The number of H-pyrrole nitrogens is 1. The van der Waals surface area contributed by atoms with E-state index in [9.17, 15) is 18.0 Å². The first kappa shape index (κ1) is 16.5. The van der Waals surface area contributed by atoms with E-state index in [2.05, 4.69) is 20.7 Å². The third-order valence-corrected chi connectivity index (χ3v) is 4.30. The molecule has 0 unspecified atom stereocenters. The Hall–Kier alpha value is -2.32. The number of hydrogen-bond acceptors (Lipinski definition) is 4. The molecule has 0 fully saturated rings. The molecule has 0 aliphatic heterocycles. The summed E-state index contributed by atoms with van der Waals surface area (Å²) in [7, 11) is 0. The Morgan fingerprint density at radius 3 is 2.88 bits per heavy atom. The fourth-order valence-corrected chi connectivity index (χ4v) is 3.00. The van der Waals surface area contributed by atoms with Crippen LogP contribution in [0.3, 0.4) is 0 Å². The molecule has 0 saturated heterocycles. The van der Waals surface area contributed by atoms with Gasteiger partial charge in [0.25, 0.3) is 0 Å². The quantitative estimate of drug-likeness (QED) is 0.898. The fourth-order valence-electron chi connectivity index (χ4n) is 3.00. The maximum absolute atomic E-state index is 13.0. The molecular formula is C15H17F3N4O2. The highest BCUT2D eigenvalue weighted by atomic mass is 19.4. The molecule has 2 aromatic rings. The van der Waals surface area contributed by atoms with Gasteiger partial charge >= 0.3 is 6.18 Å². The average molecular weight is 342 g/mol. The summed E-state index contributed by atoms with van der Waals surface area (Å²) in [6.07, 6.45) is -3.10. The number of alkyl halides is 3. The summed E-state index contributed by atoms with van der Waals surface area (Å²) in [6.45, 7) is 3.56. The van der Waals surface area contributed by atoms with Gasteiger partial charge in [0.05, 0.1) is 0 Å². The first-order valence-electron chi connectivity index (χ1n) is 7.70. The Balaban J connectivity index is 1.79. The van der Waals surface area contributed by atoms with Crippen LogP contribution in [-0.4, -0.2) is 21.3 Å². The van der Waals surface area contributed by atoms with Crippen molar-refractivity contribution in [1.82, 2.24) is 15.4 Å². The molecule has 1 aliphatic carbocycles. The predicted octanol–water partition coefficient (Wildman–Crippen LogP) is 3.03. The summed E-state index contributed by atoms with van der Waals surface area (Å²) in [5.41, 5.74) is 0.756. The van der Waals surface area contributed by atoms with Crippen LogP contribution in [0.15, 0.2) is 4.52 Å². The van der Waals surface area contributed by atoms with Crippen molar-refractivity contribution < 1.29 is 22.5 Å². The van der Waals surface area contributed by atoms with Crippen LogP contribution >= 0.6 is 0 Å². The van der Waals surface area contributed by atoms with Crippen molar-refractivity contribution in [2.75, 3.05) is 5.32 Å². The van der Waals surface area contributed by atoms with Crippen molar-refractivity contribution in [3.05, 3.63) is 28.4 Å². The molecule has 0 spiro atoms. The molecular weight excluding hydrogens is 325 g/mol. The molecule has 2 heterocycles. The van der Waals surface area contributed by atoms with E-state index in [1.165, 1.54) is 0 Å². The second-order valence-electron chi connectivity index (χ2n) is 5.87. The predicted molar refractivity (Wildman–Crippen MR) is 78.4 cm³/mol. The van der Waals surface area contributed by atoms with E-state index in [-0.39, 0.29) is 17.9 Å². The Kier molecular flexibility index (Phi) is 4.10. The highest BCUT2D eigenvalue weighted by Crippen LogP contribution is 2.36. The fraction of sp³-hybridized carbons (Fsp3) is 0.533. The lowest BCUT2D eigenvalue weighted by Crippen LogP contribution is -2.29. The Morgan fingerprint density at radius 2 is 2.21 bits per heavy atom. The van der Waals surface area contributed by atoms with E-state index >= 15 is 0 Å². The molecule has 0 radical (unpaired) electrons. The summed E-state index contributed by atoms with van der Waals surface area (Å²) in [6, 6.07) is 0. The second-order valence-corrected chi connectivity index (χ2v) is 5.87. The normalized spacial score (nSPS) is 17.6. The number of nitrogens with one attached hydrogen (secondary N) is 2. The molecule has 9 heteroatoms. The molecule has 2 aromatic heterocycles. The van der Waals surface area contributed by atoms with E-state index < -0.39 is 17.8 Å². The van der Waals surface area contributed by atoms with Crippen molar-refractivity contribution in [3.8, 4) is 0 Å². The van der Waals surface area contributed by atoms with Crippen molar-refractivity contribution in [3.63, 3.8) is 0 Å². The zero-order chi connectivity index (χ0) is 17.5. The number of aryl methyl sites for hydroxylation is 3. The van der Waals surface area contributed by atoms with Crippen LogP contribution in [0.4, 0.5) is 18.9 Å². The monoisotopic (exact) mass is 342 g/mol. The number of fused-ring (bicyclic) bond motifs is 1. The number of aromatic amines is 1. The zero-order valence-electron chi connectivity index (χ0n) is 13.3. The van der Waals surface area contributed by atoms with Crippen LogP contribution in [-0.2, 0) is 30.2 Å². The summed E-state index contributed by atoms with van der Waals surface area (Å²) >= 11 is 0. The van der Waals surface area contributed by atoms with Crippen LogP contribution in [0.2, 0.25) is 0 Å². The first-order chi connectivity index (χ1) is 11.3. The number of hydrogen-bond donors (Lipinski definition) is 2. The molecule has 24 heavy (non-hydrogen) atoms. The lowest BCUT2D eigenvalue weighted by Gasteiger charge is -2.22. The van der Waals surface area contributed by atoms with Gasteiger partial charge in [-0.1, -0.05) is 12.1 Å². The van der Waals surface area contributed by atoms with Gasteiger partial charge in [0.15, 0.2) is 11.5 Å². The molecule has 0 aromatic carbocycles. The zero-order valence-corrected chi connectivity index (χ0v) is 13.3. The van der Waals surface area contributed by atoms with Gasteiger partial charge in [0.1, 0.15) is 11.4 Å². The Bertz CT molecular complexity index is 763. The number of anilines is 1. The first-order valence-corrected chi connectivity index (χ1v) is 7.70. The van der Waals surface area contributed by atoms with Gasteiger partial charge in [-0.15, -0.1) is 0 Å².